The van der Waals surface area contributed by atoms with E-state index in [1.807, 2.05) is 19.2 Å². The minimum atomic E-state index is -0.209. The Bertz CT molecular complexity index is 513. The lowest BCUT2D eigenvalue weighted by atomic mass is 10.0. The van der Waals surface area contributed by atoms with Gasteiger partial charge in [0, 0.05) is 10.7 Å². The van der Waals surface area contributed by atoms with E-state index in [1.165, 1.54) is 12.1 Å². The average molecular weight is 309 g/mol. The fourth-order valence-electron chi connectivity index (χ4n) is 1.85. The second-order valence-electron chi connectivity index (χ2n) is 4.04. The third-order valence-electron chi connectivity index (χ3n) is 2.82. The Morgan fingerprint density at radius 3 is 2.61 bits per heavy atom. The second-order valence-corrected chi connectivity index (χ2v) is 4.90. The van der Waals surface area contributed by atoms with E-state index in [9.17, 15) is 4.39 Å². The van der Waals surface area contributed by atoms with Crippen molar-refractivity contribution in [3.05, 3.63) is 64.1 Å². The molecular formula is C14H14BrFN2. The molecule has 2 aromatic rings. The minimum Gasteiger partial charge on any atom is -0.311 e. The van der Waals surface area contributed by atoms with Crippen LogP contribution >= 0.6 is 15.9 Å². The Morgan fingerprint density at radius 1 is 1.28 bits per heavy atom. The molecule has 1 atom stereocenters. The maximum absolute atomic E-state index is 12.9. The molecule has 0 amide bonds. The van der Waals surface area contributed by atoms with Gasteiger partial charge in [0.1, 0.15) is 5.82 Å². The SMILES string of the molecule is CNC(Cc1ccc(F)cc1)c1ncccc1Br. The van der Waals surface area contributed by atoms with Crippen molar-refractivity contribution in [1.29, 1.82) is 0 Å². The predicted molar refractivity (Wildman–Crippen MR) is 73.8 cm³/mol. The smallest absolute Gasteiger partial charge is 0.123 e. The van der Waals surface area contributed by atoms with E-state index in [0.717, 1.165) is 22.2 Å². The number of hydrogen-bond acceptors (Lipinski definition) is 2. The van der Waals surface area contributed by atoms with Crippen molar-refractivity contribution in [3.63, 3.8) is 0 Å². The number of hydrogen-bond donors (Lipinski definition) is 1. The summed E-state index contributed by atoms with van der Waals surface area (Å²) in [6, 6.07) is 10.5. The molecule has 1 aromatic heterocycles. The van der Waals surface area contributed by atoms with E-state index < -0.39 is 0 Å². The van der Waals surface area contributed by atoms with Gasteiger partial charge in [-0.3, -0.25) is 4.98 Å². The van der Waals surface area contributed by atoms with Gasteiger partial charge in [0.05, 0.1) is 11.7 Å². The van der Waals surface area contributed by atoms with Gasteiger partial charge in [-0.2, -0.15) is 0 Å². The van der Waals surface area contributed by atoms with E-state index in [1.54, 1.807) is 18.3 Å². The van der Waals surface area contributed by atoms with Gasteiger partial charge in [-0.25, -0.2) is 4.39 Å². The number of rotatable bonds is 4. The minimum absolute atomic E-state index is 0.103. The van der Waals surface area contributed by atoms with E-state index in [2.05, 4.69) is 26.2 Å². The standard InChI is InChI=1S/C14H14BrFN2/c1-17-13(14-12(15)3-2-8-18-14)9-10-4-6-11(16)7-5-10/h2-8,13,17H,9H2,1H3. The number of nitrogens with one attached hydrogen (secondary N) is 1. The molecule has 1 N–H and O–H groups in total. The number of likely N-dealkylation sites (N-methyl/N-ethyl adjacent to an activating group) is 1. The van der Waals surface area contributed by atoms with Gasteiger partial charge in [-0.15, -0.1) is 0 Å². The van der Waals surface area contributed by atoms with Gasteiger partial charge in [0.15, 0.2) is 0 Å². The van der Waals surface area contributed by atoms with Gasteiger partial charge in [0.2, 0.25) is 0 Å². The van der Waals surface area contributed by atoms with E-state index >= 15 is 0 Å². The monoisotopic (exact) mass is 308 g/mol. The number of halogens is 2. The summed E-state index contributed by atoms with van der Waals surface area (Å²) in [6.07, 6.45) is 2.54. The largest absolute Gasteiger partial charge is 0.311 e. The van der Waals surface area contributed by atoms with Crippen molar-refractivity contribution in [3.8, 4) is 0 Å². The van der Waals surface area contributed by atoms with Gasteiger partial charge in [-0.1, -0.05) is 12.1 Å². The van der Waals surface area contributed by atoms with Crippen molar-refractivity contribution >= 4 is 15.9 Å². The molecule has 0 saturated carbocycles. The Labute approximate surface area is 114 Å². The highest BCUT2D eigenvalue weighted by atomic mass is 79.9. The summed E-state index contributed by atoms with van der Waals surface area (Å²) < 4.78 is 13.8. The van der Waals surface area contributed by atoms with Gasteiger partial charge >= 0.3 is 0 Å². The van der Waals surface area contributed by atoms with E-state index in [4.69, 9.17) is 0 Å². The van der Waals surface area contributed by atoms with Crippen LogP contribution in [0.2, 0.25) is 0 Å². The van der Waals surface area contributed by atoms with Crippen LogP contribution in [0.25, 0.3) is 0 Å². The third-order valence-corrected chi connectivity index (χ3v) is 3.49. The van der Waals surface area contributed by atoms with Crippen LogP contribution in [0.5, 0.6) is 0 Å². The first-order chi connectivity index (χ1) is 8.70. The molecule has 0 spiro atoms. The molecule has 0 aliphatic heterocycles. The summed E-state index contributed by atoms with van der Waals surface area (Å²) >= 11 is 3.50. The molecule has 0 aliphatic rings. The summed E-state index contributed by atoms with van der Waals surface area (Å²) in [7, 11) is 1.90. The highest BCUT2D eigenvalue weighted by Gasteiger charge is 2.14. The van der Waals surface area contributed by atoms with Gasteiger partial charge in [-0.05, 0) is 59.2 Å². The molecule has 18 heavy (non-hydrogen) atoms. The summed E-state index contributed by atoms with van der Waals surface area (Å²) in [5, 5.41) is 3.24. The molecule has 0 saturated heterocycles. The van der Waals surface area contributed by atoms with Crippen molar-refractivity contribution in [2.45, 2.75) is 12.5 Å². The first-order valence-corrected chi connectivity index (χ1v) is 6.52. The zero-order valence-corrected chi connectivity index (χ0v) is 11.6. The van der Waals surface area contributed by atoms with Crippen LogP contribution in [0.1, 0.15) is 17.3 Å². The topological polar surface area (TPSA) is 24.9 Å². The molecule has 1 aromatic carbocycles. The fourth-order valence-corrected chi connectivity index (χ4v) is 2.38. The van der Waals surface area contributed by atoms with Crippen molar-refractivity contribution in [2.24, 2.45) is 0 Å². The average Bonchev–Trinajstić information content (AvgIpc) is 2.39. The molecule has 1 unspecified atom stereocenters. The van der Waals surface area contributed by atoms with Crippen LogP contribution in [0.15, 0.2) is 47.1 Å². The number of aromatic nitrogens is 1. The summed E-state index contributed by atoms with van der Waals surface area (Å²) in [5.41, 5.74) is 2.04. The number of nitrogens with zero attached hydrogens (tertiary/aromatic N) is 1. The van der Waals surface area contributed by atoms with Gasteiger partial charge in [0.25, 0.3) is 0 Å². The zero-order valence-electron chi connectivity index (χ0n) is 10.0. The summed E-state index contributed by atoms with van der Waals surface area (Å²) in [6.45, 7) is 0. The lowest BCUT2D eigenvalue weighted by Gasteiger charge is -2.17. The molecule has 0 bridgehead atoms. The van der Waals surface area contributed by atoms with Crippen LogP contribution in [0, 0.1) is 5.82 Å². The maximum atomic E-state index is 12.9. The highest BCUT2D eigenvalue weighted by molar-refractivity contribution is 9.10. The molecular weight excluding hydrogens is 295 g/mol. The maximum Gasteiger partial charge on any atom is 0.123 e. The molecule has 0 fully saturated rings. The summed E-state index contributed by atoms with van der Waals surface area (Å²) in [5.74, 6) is -0.209. The molecule has 94 valence electrons. The number of pyridine rings is 1. The quantitative estimate of drug-likeness (QED) is 0.935. The molecule has 4 heteroatoms. The van der Waals surface area contributed by atoms with Gasteiger partial charge < -0.3 is 5.32 Å². The summed E-state index contributed by atoms with van der Waals surface area (Å²) in [4.78, 5) is 4.38. The van der Waals surface area contributed by atoms with E-state index in [0.29, 0.717) is 0 Å². The fraction of sp³-hybridized carbons (Fsp3) is 0.214. The molecule has 1 heterocycles. The lowest BCUT2D eigenvalue weighted by molar-refractivity contribution is 0.571. The van der Waals surface area contributed by atoms with Crippen molar-refractivity contribution in [1.82, 2.24) is 10.3 Å². The van der Waals surface area contributed by atoms with Crippen LogP contribution in [0.4, 0.5) is 4.39 Å². The third kappa shape index (κ3) is 3.15. The number of benzene rings is 1. The van der Waals surface area contributed by atoms with Crippen molar-refractivity contribution in [2.75, 3.05) is 7.05 Å². The lowest BCUT2D eigenvalue weighted by Crippen LogP contribution is -2.20. The Kier molecular flexibility index (Phi) is 4.44. The van der Waals surface area contributed by atoms with Crippen LogP contribution in [-0.2, 0) is 6.42 Å². The zero-order chi connectivity index (χ0) is 13.0. The first-order valence-electron chi connectivity index (χ1n) is 5.73. The Balaban J connectivity index is 2.20. The predicted octanol–water partition coefficient (Wildman–Crippen LogP) is 3.49. The van der Waals surface area contributed by atoms with E-state index in [-0.39, 0.29) is 11.9 Å². The van der Waals surface area contributed by atoms with Crippen LogP contribution in [0.3, 0.4) is 0 Å². The molecule has 0 radical (unpaired) electrons. The highest BCUT2D eigenvalue weighted by Crippen LogP contribution is 2.23. The molecule has 0 aliphatic carbocycles. The van der Waals surface area contributed by atoms with Crippen LogP contribution < -0.4 is 5.32 Å². The van der Waals surface area contributed by atoms with Crippen LogP contribution in [-0.4, -0.2) is 12.0 Å². The normalized spacial score (nSPS) is 12.4. The van der Waals surface area contributed by atoms with Crippen molar-refractivity contribution < 1.29 is 4.39 Å². The Morgan fingerprint density at radius 2 is 2.00 bits per heavy atom. The second kappa shape index (κ2) is 6.07. The Hall–Kier alpha value is -1.26. The molecule has 2 rings (SSSR count). The first kappa shape index (κ1) is 13.2. The molecule has 2 nitrogen and oxygen atoms in total.